The number of nitrogens with one attached hydrogen (secondary N) is 2. The third kappa shape index (κ3) is 2.61. The summed E-state index contributed by atoms with van der Waals surface area (Å²) in [5, 5.41) is 6.83. The Morgan fingerprint density at radius 2 is 2.40 bits per heavy atom. The van der Waals surface area contributed by atoms with Crippen molar-refractivity contribution < 1.29 is 4.39 Å². The first kappa shape index (κ1) is 10.7. The molecule has 4 heteroatoms. The molecule has 0 amide bonds. The zero-order valence-electron chi connectivity index (χ0n) is 8.39. The normalized spacial score (nSPS) is 20.5. The van der Waals surface area contributed by atoms with Crippen molar-refractivity contribution in [2.45, 2.75) is 18.9 Å². The highest BCUT2D eigenvalue weighted by Crippen LogP contribution is 2.24. The van der Waals surface area contributed by atoms with Crippen molar-refractivity contribution in [3.8, 4) is 0 Å². The van der Waals surface area contributed by atoms with Gasteiger partial charge in [0.1, 0.15) is 5.82 Å². The number of benzene rings is 1. The third-order valence-electron chi connectivity index (χ3n) is 2.65. The second-order valence-electron chi connectivity index (χ2n) is 3.77. The van der Waals surface area contributed by atoms with Crippen LogP contribution in [-0.2, 0) is 0 Å². The molecule has 1 atom stereocenters. The van der Waals surface area contributed by atoms with Gasteiger partial charge in [0.25, 0.3) is 0 Å². The van der Waals surface area contributed by atoms with Crippen LogP contribution < -0.4 is 10.6 Å². The fraction of sp³-hybridized carbons (Fsp3) is 0.455. The van der Waals surface area contributed by atoms with Crippen LogP contribution in [0.3, 0.4) is 0 Å². The lowest BCUT2D eigenvalue weighted by Crippen LogP contribution is -2.29. The Kier molecular flexibility index (Phi) is 3.44. The summed E-state index contributed by atoms with van der Waals surface area (Å²) in [6.07, 6.45) is 2.33. The van der Waals surface area contributed by atoms with E-state index < -0.39 is 0 Å². The van der Waals surface area contributed by atoms with Crippen LogP contribution in [0.25, 0.3) is 0 Å². The number of hydrogen-bond donors (Lipinski definition) is 2. The minimum atomic E-state index is -0.291. The van der Waals surface area contributed by atoms with Crippen LogP contribution >= 0.6 is 11.6 Å². The number of halogens is 2. The smallest absolute Gasteiger partial charge is 0.147 e. The van der Waals surface area contributed by atoms with E-state index in [0.717, 1.165) is 19.5 Å². The van der Waals surface area contributed by atoms with Crippen molar-refractivity contribution in [1.29, 1.82) is 0 Å². The Bertz CT molecular complexity index is 317. The van der Waals surface area contributed by atoms with Gasteiger partial charge in [-0.3, -0.25) is 0 Å². The fourth-order valence-electron chi connectivity index (χ4n) is 1.82. The summed E-state index contributed by atoms with van der Waals surface area (Å²) >= 11 is 5.89. The molecule has 0 saturated carbocycles. The monoisotopic (exact) mass is 228 g/mol. The molecule has 1 aromatic carbocycles. The molecule has 0 bridgehead atoms. The number of rotatable bonds is 3. The van der Waals surface area contributed by atoms with E-state index in [1.165, 1.54) is 12.5 Å². The molecule has 1 heterocycles. The van der Waals surface area contributed by atoms with Gasteiger partial charge in [0.05, 0.1) is 10.7 Å². The van der Waals surface area contributed by atoms with Crippen LogP contribution in [0.5, 0.6) is 0 Å². The van der Waals surface area contributed by atoms with Crippen molar-refractivity contribution in [2.24, 2.45) is 0 Å². The molecule has 1 saturated heterocycles. The number of anilines is 1. The quantitative estimate of drug-likeness (QED) is 0.831. The van der Waals surface area contributed by atoms with E-state index in [-0.39, 0.29) is 5.82 Å². The molecule has 1 aliphatic rings. The van der Waals surface area contributed by atoms with Gasteiger partial charge in [-0.1, -0.05) is 17.7 Å². The predicted octanol–water partition coefficient (Wildman–Crippen LogP) is 2.64. The molecule has 0 aromatic heterocycles. The summed E-state index contributed by atoms with van der Waals surface area (Å²) in [5.74, 6) is -0.291. The average Bonchev–Trinajstić information content (AvgIpc) is 2.70. The molecular formula is C11H14ClFN2. The molecule has 82 valence electrons. The van der Waals surface area contributed by atoms with E-state index >= 15 is 0 Å². The maximum Gasteiger partial charge on any atom is 0.147 e. The zero-order chi connectivity index (χ0) is 10.7. The largest absolute Gasteiger partial charge is 0.380 e. The predicted molar refractivity (Wildman–Crippen MR) is 60.9 cm³/mol. The summed E-state index contributed by atoms with van der Waals surface area (Å²) in [6, 6.07) is 5.14. The van der Waals surface area contributed by atoms with Gasteiger partial charge < -0.3 is 10.6 Å². The van der Waals surface area contributed by atoms with E-state index in [1.54, 1.807) is 12.1 Å². The first-order valence-electron chi connectivity index (χ1n) is 5.18. The van der Waals surface area contributed by atoms with Crippen LogP contribution in [0.1, 0.15) is 12.8 Å². The Balaban J connectivity index is 1.97. The van der Waals surface area contributed by atoms with Gasteiger partial charge in [0.15, 0.2) is 0 Å². The number of hydrogen-bond acceptors (Lipinski definition) is 2. The standard InChI is InChI=1S/C11H14ClFN2/c12-9-4-1-5-10(13)11(9)15-7-8-3-2-6-14-8/h1,4-5,8,14-15H,2-3,6-7H2. The SMILES string of the molecule is Fc1cccc(Cl)c1NCC1CCCN1. The van der Waals surface area contributed by atoms with Gasteiger partial charge in [0.2, 0.25) is 0 Å². The van der Waals surface area contributed by atoms with Crippen molar-refractivity contribution in [3.05, 3.63) is 29.0 Å². The summed E-state index contributed by atoms with van der Waals surface area (Å²) in [4.78, 5) is 0. The Morgan fingerprint density at radius 3 is 3.07 bits per heavy atom. The second-order valence-corrected chi connectivity index (χ2v) is 4.18. The summed E-state index contributed by atoms with van der Waals surface area (Å²) in [6.45, 7) is 1.78. The van der Waals surface area contributed by atoms with Crippen molar-refractivity contribution in [2.75, 3.05) is 18.4 Å². The van der Waals surface area contributed by atoms with Crippen molar-refractivity contribution >= 4 is 17.3 Å². The van der Waals surface area contributed by atoms with Crippen molar-refractivity contribution in [3.63, 3.8) is 0 Å². The highest BCUT2D eigenvalue weighted by atomic mass is 35.5. The zero-order valence-corrected chi connectivity index (χ0v) is 9.15. The van der Waals surface area contributed by atoms with E-state index in [1.807, 2.05) is 0 Å². The highest BCUT2D eigenvalue weighted by Gasteiger charge is 2.14. The minimum Gasteiger partial charge on any atom is -0.380 e. The third-order valence-corrected chi connectivity index (χ3v) is 2.97. The van der Waals surface area contributed by atoms with E-state index in [2.05, 4.69) is 10.6 Å². The molecule has 2 N–H and O–H groups in total. The molecule has 2 nitrogen and oxygen atoms in total. The lowest BCUT2D eigenvalue weighted by Gasteiger charge is -2.14. The Labute approximate surface area is 93.8 Å². The molecule has 0 spiro atoms. The lowest BCUT2D eigenvalue weighted by molar-refractivity contribution is 0.614. The topological polar surface area (TPSA) is 24.1 Å². The van der Waals surface area contributed by atoms with Crippen LogP contribution in [-0.4, -0.2) is 19.1 Å². The molecule has 0 radical (unpaired) electrons. The number of para-hydroxylation sites is 1. The summed E-state index contributed by atoms with van der Waals surface area (Å²) in [7, 11) is 0. The molecule has 0 aliphatic carbocycles. The van der Waals surface area contributed by atoms with Gasteiger partial charge >= 0.3 is 0 Å². The molecule has 1 unspecified atom stereocenters. The maximum absolute atomic E-state index is 13.4. The molecule has 2 rings (SSSR count). The van der Waals surface area contributed by atoms with E-state index in [4.69, 9.17) is 11.6 Å². The second kappa shape index (κ2) is 4.81. The first-order valence-corrected chi connectivity index (χ1v) is 5.56. The summed E-state index contributed by atoms with van der Waals surface area (Å²) < 4.78 is 13.4. The van der Waals surface area contributed by atoms with Crippen LogP contribution in [0.2, 0.25) is 5.02 Å². The minimum absolute atomic E-state index is 0.291. The van der Waals surface area contributed by atoms with Gasteiger partial charge in [-0.25, -0.2) is 4.39 Å². The maximum atomic E-state index is 13.4. The molecule has 1 aromatic rings. The molecule has 15 heavy (non-hydrogen) atoms. The van der Waals surface area contributed by atoms with Gasteiger partial charge in [-0.15, -0.1) is 0 Å². The molecular weight excluding hydrogens is 215 g/mol. The van der Waals surface area contributed by atoms with E-state index in [9.17, 15) is 4.39 Å². The average molecular weight is 229 g/mol. The van der Waals surface area contributed by atoms with Gasteiger partial charge in [0, 0.05) is 12.6 Å². The van der Waals surface area contributed by atoms with Crippen LogP contribution in [0.4, 0.5) is 10.1 Å². The van der Waals surface area contributed by atoms with Crippen LogP contribution in [0.15, 0.2) is 18.2 Å². The summed E-state index contributed by atoms with van der Waals surface area (Å²) in [5.41, 5.74) is 0.410. The fourth-order valence-corrected chi connectivity index (χ4v) is 2.05. The molecule has 1 fully saturated rings. The Morgan fingerprint density at radius 1 is 1.53 bits per heavy atom. The molecule has 1 aliphatic heterocycles. The Hall–Kier alpha value is -0.800. The van der Waals surface area contributed by atoms with Gasteiger partial charge in [-0.2, -0.15) is 0 Å². The first-order chi connectivity index (χ1) is 7.27. The van der Waals surface area contributed by atoms with Crippen molar-refractivity contribution in [1.82, 2.24) is 5.32 Å². The lowest BCUT2D eigenvalue weighted by atomic mass is 10.2. The van der Waals surface area contributed by atoms with E-state index in [0.29, 0.717) is 16.8 Å². The van der Waals surface area contributed by atoms with Gasteiger partial charge in [-0.05, 0) is 31.5 Å². The van der Waals surface area contributed by atoms with Crippen LogP contribution in [0, 0.1) is 5.82 Å². The highest BCUT2D eigenvalue weighted by molar-refractivity contribution is 6.33.